The Bertz CT molecular complexity index is 1480. The molecule has 2 aliphatic rings. The number of imidazole rings is 1. The monoisotopic (exact) mass is 475 g/mol. The van der Waals surface area contributed by atoms with Crippen LogP contribution in [0.4, 0.5) is 19.0 Å². The lowest BCUT2D eigenvalue weighted by molar-refractivity contribution is -0.137. The lowest BCUT2D eigenvalue weighted by atomic mass is 9.99. The second kappa shape index (κ2) is 6.77. The molecule has 12 heteroatoms. The van der Waals surface area contributed by atoms with Crippen molar-refractivity contribution in [2.45, 2.75) is 42.9 Å². The molecule has 5 rings (SSSR count). The van der Waals surface area contributed by atoms with E-state index in [1.807, 2.05) is 0 Å². The number of halogens is 3. The van der Waals surface area contributed by atoms with Crippen molar-refractivity contribution in [1.29, 1.82) is 5.26 Å². The molecule has 170 valence electrons. The maximum absolute atomic E-state index is 13.1. The third-order valence-electron chi connectivity index (χ3n) is 6.09. The molecule has 3 aromatic rings. The quantitative estimate of drug-likeness (QED) is 0.573. The minimum absolute atomic E-state index is 0.104. The van der Waals surface area contributed by atoms with Crippen molar-refractivity contribution >= 4 is 27.2 Å². The summed E-state index contributed by atoms with van der Waals surface area (Å²) in [6, 6.07) is 6.25. The van der Waals surface area contributed by atoms with Gasteiger partial charge in [-0.2, -0.15) is 18.4 Å². The van der Waals surface area contributed by atoms with E-state index < -0.39 is 32.9 Å². The number of sulfone groups is 1. The van der Waals surface area contributed by atoms with Gasteiger partial charge >= 0.3 is 6.18 Å². The average Bonchev–Trinajstić information content (AvgIpc) is 3.38. The van der Waals surface area contributed by atoms with Gasteiger partial charge in [-0.1, -0.05) is 6.92 Å². The van der Waals surface area contributed by atoms with Crippen molar-refractivity contribution in [3.8, 4) is 6.07 Å². The molecular formula is C21H16F3N5O3S. The van der Waals surface area contributed by atoms with Crippen LogP contribution in [0.15, 0.2) is 35.6 Å². The maximum Gasteiger partial charge on any atom is 0.417 e. The van der Waals surface area contributed by atoms with Gasteiger partial charge < -0.3 is 0 Å². The Morgan fingerprint density at radius 2 is 2.00 bits per heavy atom. The summed E-state index contributed by atoms with van der Waals surface area (Å²) in [7, 11) is -3.89. The zero-order valence-corrected chi connectivity index (χ0v) is 18.0. The van der Waals surface area contributed by atoms with Crippen LogP contribution >= 0.6 is 0 Å². The summed E-state index contributed by atoms with van der Waals surface area (Å²) in [4.78, 5) is 22.2. The Morgan fingerprint density at radius 1 is 1.27 bits per heavy atom. The summed E-state index contributed by atoms with van der Waals surface area (Å²) >= 11 is 0. The molecule has 33 heavy (non-hydrogen) atoms. The van der Waals surface area contributed by atoms with E-state index in [-0.39, 0.29) is 40.0 Å². The molecule has 0 spiro atoms. The van der Waals surface area contributed by atoms with Crippen LogP contribution in [0.1, 0.15) is 46.9 Å². The molecule has 3 aromatic heterocycles. The Hall–Kier alpha value is -3.46. The molecule has 0 aromatic carbocycles. The fraction of sp³-hybridized carbons (Fsp3) is 0.333. The van der Waals surface area contributed by atoms with E-state index in [0.29, 0.717) is 24.6 Å². The molecular weight excluding hydrogens is 459 g/mol. The second-order valence-electron chi connectivity index (χ2n) is 8.09. The average molecular weight is 475 g/mol. The van der Waals surface area contributed by atoms with Gasteiger partial charge in [-0.25, -0.2) is 13.4 Å². The molecule has 0 saturated heterocycles. The number of rotatable bonds is 4. The van der Waals surface area contributed by atoms with Crippen molar-refractivity contribution in [3.63, 3.8) is 0 Å². The lowest BCUT2D eigenvalue weighted by Crippen LogP contribution is -2.26. The minimum atomic E-state index is -4.68. The Morgan fingerprint density at radius 3 is 2.61 bits per heavy atom. The summed E-state index contributed by atoms with van der Waals surface area (Å²) < 4.78 is 66.5. The number of amides is 1. The van der Waals surface area contributed by atoms with Crippen LogP contribution in [-0.4, -0.2) is 34.4 Å². The molecule has 0 N–H and O–H groups in total. The fourth-order valence-electron chi connectivity index (χ4n) is 4.00. The molecule has 0 bridgehead atoms. The SMILES string of the molecule is CCS(=O)(=O)c1c(N2Cc3ncc(C(F)(F)F)cc3C2=O)nc2cc(C3(C#N)CC3)ccn12. The van der Waals surface area contributed by atoms with Crippen molar-refractivity contribution in [2.75, 3.05) is 10.7 Å². The number of aromatic nitrogens is 3. The third kappa shape index (κ3) is 3.18. The number of nitriles is 1. The van der Waals surface area contributed by atoms with Gasteiger partial charge in [0.15, 0.2) is 20.7 Å². The summed E-state index contributed by atoms with van der Waals surface area (Å²) in [6.45, 7) is 1.23. The first-order chi connectivity index (χ1) is 15.5. The summed E-state index contributed by atoms with van der Waals surface area (Å²) in [5.41, 5.74) is -0.916. The van der Waals surface area contributed by atoms with Crippen LogP contribution in [0.3, 0.4) is 0 Å². The highest BCUT2D eigenvalue weighted by molar-refractivity contribution is 7.91. The van der Waals surface area contributed by atoms with E-state index in [4.69, 9.17) is 0 Å². The number of anilines is 1. The Kier molecular flexibility index (Phi) is 4.39. The van der Waals surface area contributed by atoms with Crippen LogP contribution in [-0.2, 0) is 28.0 Å². The molecule has 1 saturated carbocycles. The molecule has 0 radical (unpaired) electrons. The zero-order valence-electron chi connectivity index (χ0n) is 17.2. The predicted octanol–water partition coefficient (Wildman–Crippen LogP) is 3.26. The highest BCUT2D eigenvalue weighted by Crippen LogP contribution is 2.48. The van der Waals surface area contributed by atoms with E-state index in [1.165, 1.54) is 17.5 Å². The minimum Gasteiger partial charge on any atom is -0.289 e. The molecule has 1 aliphatic heterocycles. The first kappa shape index (κ1) is 21.4. The molecule has 8 nitrogen and oxygen atoms in total. The topological polar surface area (TPSA) is 108 Å². The Labute approximate surface area is 186 Å². The summed E-state index contributed by atoms with van der Waals surface area (Å²) in [5.74, 6) is -1.26. The zero-order chi connectivity index (χ0) is 23.8. The predicted molar refractivity (Wildman–Crippen MR) is 109 cm³/mol. The first-order valence-corrected chi connectivity index (χ1v) is 11.7. The first-order valence-electron chi connectivity index (χ1n) is 10.1. The van der Waals surface area contributed by atoms with Crippen LogP contribution in [0, 0.1) is 11.3 Å². The number of hydrogen-bond donors (Lipinski definition) is 0. The fourth-order valence-corrected chi connectivity index (χ4v) is 5.16. The van der Waals surface area contributed by atoms with Gasteiger partial charge in [0.05, 0.1) is 40.6 Å². The number of carbonyl (C=O) groups is 1. The summed E-state index contributed by atoms with van der Waals surface area (Å²) in [6.07, 6.45) is -1.17. The van der Waals surface area contributed by atoms with Gasteiger partial charge in [0, 0.05) is 12.4 Å². The standard InChI is InChI=1S/C21H16F3N5O3S/c1-2-33(31,32)19-17(27-16-8-12(3-6-28(16)19)20(11-25)4-5-20)29-10-15-14(18(29)30)7-13(9-26-15)21(22,23)24/h3,6-9H,2,4-5,10H2,1H3. The lowest BCUT2D eigenvalue weighted by Gasteiger charge is -2.14. The van der Waals surface area contributed by atoms with Crippen LogP contribution < -0.4 is 4.90 Å². The van der Waals surface area contributed by atoms with E-state index in [9.17, 15) is 31.6 Å². The summed E-state index contributed by atoms with van der Waals surface area (Å²) in [5, 5.41) is 9.25. The normalized spacial score (nSPS) is 17.3. The number of alkyl halides is 3. The third-order valence-corrected chi connectivity index (χ3v) is 7.82. The van der Waals surface area contributed by atoms with Crippen LogP contribution in [0.5, 0.6) is 0 Å². The highest BCUT2D eigenvalue weighted by Gasteiger charge is 2.45. The second-order valence-corrected chi connectivity index (χ2v) is 10.3. The molecule has 1 aliphatic carbocycles. The van der Waals surface area contributed by atoms with Gasteiger partial charge in [-0.15, -0.1) is 0 Å². The van der Waals surface area contributed by atoms with Gasteiger partial charge in [-0.3, -0.25) is 19.1 Å². The number of carbonyl (C=O) groups excluding carboxylic acids is 1. The van der Waals surface area contributed by atoms with Gasteiger partial charge in [0.2, 0.25) is 0 Å². The molecule has 0 unspecified atom stereocenters. The van der Waals surface area contributed by atoms with E-state index >= 15 is 0 Å². The molecule has 0 atom stereocenters. The molecule has 4 heterocycles. The number of nitrogens with zero attached hydrogens (tertiary/aromatic N) is 5. The van der Waals surface area contributed by atoms with Gasteiger partial charge in [-0.05, 0) is 36.6 Å². The van der Waals surface area contributed by atoms with Crippen LogP contribution in [0.2, 0.25) is 0 Å². The number of hydrogen-bond acceptors (Lipinski definition) is 6. The molecule has 1 amide bonds. The van der Waals surface area contributed by atoms with E-state index in [1.54, 1.807) is 12.1 Å². The van der Waals surface area contributed by atoms with Crippen molar-refractivity contribution in [3.05, 3.63) is 53.0 Å². The van der Waals surface area contributed by atoms with Crippen molar-refractivity contribution < 1.29 is 26.4 Å². The molecule has 1 fully saturated rings. The number of pyridine rings is 2. The van der Waals surface area contributed by atoms with Crippen molar-refractivity contribution in [2.24, 2.45) is 0 Å². The smallest absolute Gasteiger partial charge is 0.289 e. The Balaban J connectivity index is 1.66. The highest BCUT2D eigenvalue weighted by atomic mass is 32.2. The van der Waals surface area contributed by atoms with E-state index in [2.05, 4.69) is 16.0 Å². The maximum atomic E-state index is 13.1. The van der Waals surface area contributed by atoms with Gasteiger partial charge in [0.25, 0.3) is 5.91 Å². The van der Waals surface area contributed by atoms with Crippen molar-refractivity contribution in [1.82, 2.24) is 14.4 Å². The van der Waals surface area contributed by atoms with Crippen LogP contribution in [0.25, 0.3) is 5.65 Å². The van der Waals surface area contributed by atoms with Gasteiger partial charge in [0.1, 0.15) is 5.65 Å². The number of fused-ring (bicyclic) bond motifs is 2. The largest absolute Gasteiger partial charge is 0.417 e. The van der Waals surface area contributed by atoms with E-state index in [0.717, 1.165) is 11.0 Å².